The summed E-state index contributed by atoms with van der Waals surface area (Å²) in [6.07, 6.45) is 3.21. The van der Waals surface area contributed by atoms with Gasteiger partial charge in [0.25, 0.3) is 0 Å². The normalized spacial score (nSPS) is 10.4. The number of carbonyl (C=O) groups is 1. The molecule has 0 N–H and O–H groups in total. The zero-order valence-electron chi connectivity index (χ0n) is 7.90. The molecule has 0 radical (unpaired) electrons. The van der Waals surface area contributed by atoms with Crippen molar-refractivity contribution in [1.82, 2.24) is 4.98 Å². The van der Waals surface area contributed by atoms with Gasteiger partial charge in [-0.2, -0.15) is 0 Å². The minimum Gasteiger partial charge on any atom is -0.462 e. The predicted octanol–water partition coefficient (Wildman–Crippen LogP) is 2.91. The summed E-state index contributed by atoms with van der Waals surface area (Å²) in [5.41, 5.74) is 1.04. The van der Waals surface area contributed by atoms with Gasteiger partial charge in [-0.05, 0) is 18.6 Å². The van der Waals surface area contributed by atoms with Crippen LogP contribution in [0, 0.1) is 6.92 Å². The number of rotatable bonds is 2. The molecule has 2 rings (SSSR count). The summed E-state index contributed by atoms with van der Waals surface area (Å²) in [4.78, 5) is 15.9. The van der Waals surface area contributed by atoms with E-state index in [0.717, 1.165) is 16.3 Å². The van der Waals surface area contributed by atoms with Gasteiger partial charge in [0.2, 0.25) is 0 Å². The maximum absolute atomic E-state index is 11.1. The fraction of sp³-hybridized carbons (Fsp3) is 0.200. The fourth-order valence-electron chi connectivity index (χ4n) is 1.13. The minimum absolute atomic E-state index is 0.0398. The summed E-state index contributed by atoms with van der Waals surface area (Å²) in [7, 11) is 0. The van der Waals surface area contributed by atoms with Gasteiger partial charge < -0.3 is 4.42 Å². The van der Waals surface area contributed by atoms with Gasteiger partial charge in [0.05, 0.1) is 11.1 Å². The molecule has 0 fully saturated rings. The van der Waals surface area contributed by atoms with E-state index in [1.54, 1.807) is 12.5 Å². The maximum atomic E-state index is 11.1. The first-order chi connectivity index (χ1) is 6.68. The largest absolute Gasteiger partial charge is 0.462 e. The van der Waals surface area contributed by atoms with Crippen LogP contribution < -0.4 is 0 Å². The Morgan fingerprint density at radius 3 is 2.86 bits per heavy atom. The molecule has 72 valence electrons. The molecule has 0 bridgehead atoms. The average Bonchev–Trinajstić information content (AvgIpc) is 2.71. The Morgan fingerprint density at radius 2 is 2.36 bits per heavy atom. The highest BCUT2D eigenvalue weighted by Gasteiger charge is 2.11. The lowest BCUT2D eigenvalue weighted by atomic mass is 10.3. The highest BCUT2D eigenvalue weighted by molar-refractivity contribution is 7.16. The van der Waals surface area contributed by atoms with Crippen LogP contribution in [-0.2, 0) is 0 Å². The lowest BCUT2D eigenvalue weighted by Gasteiger charge is -1.90. The summed E-state index contributed by atoms with van der Waals surface area (Å²) in [5, 5.41) is 0.762. The highest BCUT2D eigenvalue weighted by Crippen LogP contribution is 2.28. The van der Waals surface area contributed by atoms with Gasteiger partial charge in [-0.15, -0.1) is 11.3 Å². The molecule has 4 heteroatoms. The van der Waals surface area contributed by atoms with Crippen molar-refractivity contribution in [3.05, 3.63) is 29.0 Å². The van der Waals surface area contributed by atoms with E-state index in [9.17, 15) is 4.79 Å². The third-order valence-electron chi connectivity index (χ3n) is 1.91. The minimum atomic E-state index is 0.0398. The molecule has 0 spiro atoms. The van der Waals surface area contributed by atoms with Gasteiger partial charge in [-0.1, -0.05) is 0 Å². The van der Waals surface area contributed by atoms with Crippen LogP contribution in [0.15, 0.2) is 22.9 Å². The molecule has 0 aliphatic rings. The first-order valence-electron chi connectivity index (χ1n) is 4.19. The smallest absolute Gasteiger partial charge is 0.171 e. The number of carbonyl (C=O) groups excluding carboxylic acids is 1. The van der Waals surface area contributed by atoms with Gasteiger partial charge in [-0.25, -0.2) is 4.98 Å². The van der Waals surface area contributed by atoms with Crippen LogP contribution in [0.5, 0.6) is 0 Å². The number of furan rings is 1. The molecule has 2 aromatic heterocycles. The van der Waals surface area contributed by atoms with Gasteiger partial charge >= 0.3 is 0 Å². The maximum Gasteiger partial charge on any atom is 0.171 e. The average molecular weight is 207 g/mol. The van der Waals surface area contributed by atoms with Crippen molar-refractivity contribution in [1.29, 1.82) is 0 Å². The van der Waals surface area contributed by atoms with E-state index in [-0.39, 0.29) is 5.78 Å². The van der Waals surface area contributed by atoms with Crippen LogP contribution in [0.3, 0.4) is 0 Å². The second-order valence-electron chi connectivity index (χ2n) is 3.02. The van der Waals surface area contributed by atoms with Gasteiger partial charge in [0.15, 0.2) is 16.6 Å². The second kappa shape index (κ2) is 3.38. The van der Waals surface area contributed by atoms with Crippen LogP contribution in [-0.4, -0.2) is 10.8 Å². The van der Waals surface area contributed by atoms with Crippen LogP contribution in [0.25, 0.3) is 10.8 Å². The van der Waals surface area contributed by atoms with E-state index in [2.05, 4.69) is 4.98 Å². The Hall–Kier alpha value is -1.42. The molecule has 2 aromatic rings. The number of nitrogens with zero attached hydrogens (tertiary/aromatic N) is 1. The topological polar surface area (TPSA) is 43.1 Å². The fourth-order valence-corrected chi connectivity index (χ4v) is 2.00. The number of hydrogen-bond donors (Lipinski definition) is 0. The molecule has 0 atom stereocenters. The molecule has 3 nitrogen and oxygen atoms in total. The highest BCUT2D eigenvalue weighted by atomic mass is 32.1. The summed E-state index contributed by atoms with van der Waals surface area (Å²) < 4.78 is 5.28. The molecule has 0 saturated carbocycles. The Labute approximate surface area is 85.4 Å². The molecule has 0 aliphatic heterocycles. The zero-order chi connectivity index (χ0) is 10.1. The Balaban J connectivity index is 2.43. The third kappa shape index (κ3) is 1.48. The number of Topliss-reactive ketones (excluding diaryl/α,β-unsaturated/α-hetero) is 1. The van der Waals surface area contributed by atoms with Crippen molar-refractivity contribution in [2.45, 2.75) is 13.8 Å². The Morgan fingerprint density at radius 1 is 1.57 bits per heavy atom. The van der Waals surface area contributed by atoms with Crippen molar-refractivity contribution in [3.8, 4) is 10.8 Å². The van der Waals surface area contributed by atoms with E-state index >= 15 is 0 Å². The van der Waals surface area contributed by atoms with E-state index in [1.165, 1.54) is 18.3 Å². The summed E-state index contributed by atoms with van der Waals surface area (Å²) >= 11 is 1.36. The first kappa shape index (κ1) is 9.15. The van der Waals surface area contributed by atoms with E-state index in [0.29, 0.717) is 4.88 Å². The SMILES string of the molecule is CC(=O)c1cnc(-c2occc2C)s1. The van der Waals surface area contributed by atoms with Crippen molar-refractivity contribution < 1.29 is 9.21 Å². The number of aryl methyl sites for hydroxylation is 1. The van der Waals surface area contributed by atoms with Gasteiger partial charge in [-0.3, -0.25) is 4.79 Å². The van der Waals surface area contributed by atoms with E-state index < -0.39 is 0 Å². The van der Waals surface area contributed by atoms with Crippen LogP contribution in [0.1, 0.15) is 22.2 Å². The number of aromatic nitrogens is 1. The number of thiazole rings is 1. The van der Waals surface area contributed by atoms with Crippen molar-refractivity contribution >= 4 is 17.1 Å². The Bertz CT molecular complexity index is 470. The lowest BCUT2D eigenvalue weighted by molar-refractivity contribution is 0.102. The van der Waals surface area contributed by atoms with Crippen molar-refractivity contribution in [3.63, 3.8) is 0 Å². The monoisotopic (exact) mass is 207 g/mol. The van der Waals surface area contributed by atoms with Crippen LogP contribution >= 0.6 is 11.3 Å². The number of hydrogen-bond acceptors (Lipinski definition) is 4. The van der Waals surface area contributed by atoms with Gasteiger partial charge in [0.1, 0.15) is 0 Å². The summed E-state index contributed by atoms with van der Waals surface area (Å²) in [6.45, 7) is 3.49. The predicted molar refractivity (Wildman–Crippen MR) is 54.6 cm³/mol. The first-order valence-corrected chi connectivity index (χ1v) is 5.01. The molecule has 0 saturated heterocycles. The summed E-state index contributed by atoms with van der Waals surface area (Å²) in [6, 6.07) is 1.88. The Kier molecular flexibility index (Phi) is 2.21. The molecule has 0 amide bonds. The standard InChI is InChI=1S/C10H9NO2S/c1-6-3-4-13-9(6)10-11-5-8(14-10)7(2)12/h3-5H,1-2H3. The van der Waals surface area contributed by atoms with Crippen molar-refractivity contribution in [2.75, 3.05) is 0 Å². The quantitative estimate of drug-likeness (QED) is 0.711. The van der Waals surface area contributed by atoms with E-state index in [1.807, 2.05) is 13.0 Å². The lowest BCUT2D eigenvalue weighted by Crippen LogP contribution is -1.83. The third-order valence-corrected chi connectivity index (χ3v) is 3.01. The van der Waals surface area contributed by atoms with Crippen LogP contribution in [0.4, 0.5) is 0 Å². The second-order valence-corrected chi connectivity index (χ2v) is 4.05. The zero-order valence-corrected chi connectivity index (χ0v) is 8.72. The summed E-state index contributed by atoms with van der Waals surface area (Å²) in [5.74, 6) is 0.792. The van der Waals surface area contributed by atoms with Crippen LogP contribution in [0.2, 0.25) is 0 Å². The number of ketones is 1. The van der Waals surface area contributed by atoms with Crippen molar-refractivity contribution in [2.24, 2.45) is 0 Å². The molecular formula is C10H9NO2S. The van der Waals surface area contributed by atoms with E-state index in [4.69, 9.17) is 4.42 Å². The molecule has 0 aromatic carbocycles. The molecule has 2 heterocycles. The molecule has 0 unspecified atom stereocenters. The molecule has 14 heavy (non-hydrogen) atoms. The molecule has 0 aliphatic carbocycles. The molecular weight excluding hydrogens is 198 g/mol. The van der Waals surface area contributed by atoms with Gasteiger partial charge in [0, 0.05) is 13.1 Å².